The van der Waals surface area contributed by atoms with Gasteiger partial charge >= 0.3 is 0 Å². The van der Waals surface area contributed by atoms with Crippen molar-refractivity contribution in [3.63, 3.8) is 0 Å². The number of benzene rings is 2. The van der Waals surface area contributed by atoms with Crippen molar-refractivity contribution in [2.75, 3.05) is 11.4 Å². The second-order valence-electron chi connectivity index (χ2n) is 6.17. The Morgan fingerprint density at radius 1 is 1.16 bits per heavy atom. The lowest BCUT2D eigenvalue weighted by Gasteiger charge is -2.32. The van der Waals surface area contributed by atoms with Gasteiger partial charge in [0.15, 0.2) is 6.10 Å². The molecule has 0 saturated carbocycles. The summed E-state index contributed by atoms with van der Waals surface area (Å²) in [5.74, 6) is 0.480. The molecule has 1 unspecified atom stereocenters. The summed E-state index contributed by atoms with van der Waals surface area (Å²) < 4.78 is 5.61. The summed E-state index contributed by atoms with van der Waals surface area (Å²) in [5, 5.41) is 2.92. The van der Waals surface area contributed by atoms with Gasteiger partial charge in [-0.25, -0.2) is 0 Å². The standard InChI is InChI=1S/C20H22N2O3/c1-14-7-3-4-8-16(14)13-21-19(23)11-12-22-17-9-5-6-10-18(17)25-15(2)20(22)24/h3-10,15H,11-13H2,1-2H3,(H,21,23). The lowest BCUT2D eigenvalue weighted by atomic mass is 10.1. The van der Waals surface area contributed by atoms with Crippen LogP contribution in [0.3, 0.4) is 0 Å². The van der Waals surface area contributed by atoms with E-state index in [1.54, 1.807) is 11.8 Å². The number of para-hydroxylation sites is 2. The average Bonchev–Trinajstić information content (AvgIpc) is 2.61. The smallest absolute Gasteiger partial charge is 0.267 e. The highest BCUT2D eigenvalue weighted by atomic mass is 16.5. The summed E-state index contributed by atoms with van der Waals surface area (Å²) in [5.41, 5.74) is 2.96. The number of hydrogen-bond acceptors (Lipinski definition) is 3. The van der Waals surface area contributed by atoms with Crippen LogP contribution in [0.4, 0.5) is 5.69 Å². The van der Waals surface area contributed by atoms with E-state index in [1.807, 2.05) is 55.5 Å². The molecular weight excluding hydrogens is 316 g/mol. The maximum absolute atomic E-state index is 12.4. The van der Waals surface area contributed by atoms with Crippen LogP contribution in [0.1, 0.15) is 24.5 Å². The fourth-order valence-electron chi connectivity index (χ4n) is 2.89. The van der Waals surface area contributed by atoms with Gasteiger partial charge in [0, 0.05) is 19.5 Å². The number of nitrogens with zero attached hydrogens (tertiary/aromatic N) is 1. The van der Waals surface area contributed by atoms with Crippen LogP contribution in [0.2, 0.25) is 0 Å². The molecule has 2 amide bonds. The maximum atomic E-state index is 12.4. The van der Waals surface area contributed by atoms with Crippen LogP contribution in [-0.2, 0) is 16.1 Å². The molecule has 5 nitrogen and oxygen atoms in total. The van der Waals surface area contributed by atoms with Crippen LogP contribution < -0.4 is 15.0 Å². The van der Waals surface area contributed by atoms with Crippen molar-refractivity contribution in [2.24, 2.45) is 0 Å². The molecule has 1 aliphatic rings. The Balaban J connectivity index is 1.60. The summed E-state index contributed by atoms with van der Waals surface area (Å²) in [6.07, 6.45) is -0.288. The molecule has 3 rings (SSSR count). The van der Waals surface area contributed by atoms with Gasteiger partial charge in [0.1, 0.15) is 5.75 Å². The zero-order valence-electron chi connectivity index (χ0n) is 14.5. The first-order valence-corrected chi connectivity index (χ1v) is 8.44. The minimum Gasteiger partial charge on any atom is -0.479 e. The maximum Gasteiger partial charge on any atom is 0.267 e. The summed E-state index contributed by atoms with van der Waals surface area (Å²) in [7, 11) is 0. The van der Waals surface area contributed by atoms with Gasteiger partial charge in [-0.3, -0.25) is 9.59 Å². The highest BCUT2D eigenvalue weighted by molar-refractivity contribution is 6.00. The third-order valence-corrected chi connectivity index (χ3v) is 4.37. The number of anilines is 1. The first-order chi connectivity index (χ1) is 12.1. The molecule has 25 heavy (non-hydrogen) atoms. The zero-order valence-corrected chi connectivity index (χ0v) is 14.5. The molecule has 2 aromatic rings. The molecule has 0 radical (unpaired) electrons. The number of aryl methyl sites for hydroxylation is 1. The van der Waals surface area contributed by atoms with E-state index in [0.29, 0.717) is 18.8 Å². The SMILES string of the molecule is Cc1ccccc1CNC(=O)CCN1C(=O)C(C)Oc2ccccc21. The summed E-state index contributed by atoms with van der Waals surface area (Å²) in [6, 6.07) is 15.4. The average molecular weight is 338 g/mol. The van der Waals surface area contributed by atoms with Gasteiger partial charge in [-0.05, 0) is 37.1 Å². The molecule has 1 atom stereocenters. The van der Waals surface area contributed by atoms with Gasteiger partial charge in [0.2, 0.25) is 5.91 Å². The van der Waals surface area contributed by atoms with Gasteiger partial charge in [0.05, 0.1) is 5.69 Å². The molecule has 0 aromatic heterocycles. The molecule has 5 heteroatoms. The fraction of sp³-hybridized carbons (Fsp3) is 0.300. The molecule has 0 bridgehead atoms. The van der Waals surface area contributed by atoms with Gasteiger partial charge in [-0.1, -0.05) is 36.4 Å². The lowest BCUT2D eigenvalue weighted by molar-refractivity contribution is -0.125. The predicted molar refractivity (Wildman–Crippen MR) is 96.5 cm³/mol. The molecule has 0 spiro atoms. The number of nitrogens with one attached hydrogen (secondary N) is 1. The number of hydrogen-bond donors (Lipinski definition) is 1. The van der Waals surface area contributed by atoms with Crippen LogP contribution >= 0.6 is 0 Å². The molecule has 0 aliphatic carbocycles. The highest BCUT2D eigenvalue weighted by Crippen LogP contribution is 2.33. The largest absolute Gasteiger partial charge is 0.479 e. The molecule has 1 heterocycles. The van der Waals surface area contributed by atoms with Gasteiger partial charge in [0.25, 0.3) is 5.91 Å². The van der Waals surface area contributed by atoms with Crippen molar-refractivity contribution in [3.8, 4) is 5.75 Å². The molecule has 1 aliphatic heterocycles. The first-order valence-electron chi connectivity index (χ1n) is 8.44. The van der Waals surface area contributed by atoms with Gasteiger partial charge < -0.3 is 15.0 Å². The second-order valence-corrected chi connectivity index (χ2v) is 6.17. The van der Waals surface area contributed by atoms with E-state index in [4.69, 9.17) is 4.74 Å². The van der Waals surface area contributed by atoms with E-state index in [0.717, 1.165) is 16.8 Å². The third kappa shape index (κ3) is 3.82. The number of fused-ring (bicyclic) bond motifs is 1. The molecule has 130 valence electrons. The van der Waals surface area contributed by atoms with E-state index < -0.39 is 6.10 Å². The normalized spacial score (nSPS) is 16.2. The third-order valence-electron chi connectivity index (χ3n) is 4.37. The Labute approximate surface area is 147 Å². The van der Waals surface area contributed by atoms with Crippen LogP contribution in [0, 0.1) is 6.92 Å². The molecule has 0 saturated heterocycles. The van der Waals surface area contributed by atoms with Crippen molar-refractivity contribution < 1.29 is 14.3 Å². The Morgan fingerprint density at radius 3 is 2.68 bits per heavy atom. The van der Waals surface area contributed by atoms with E-state index in [9.17, 15) is 9.59 Å². The van der Waals surface area contributed by atoms with E-state index in [-0.39, 0.29) is 18.2 Å². The van der Waals surface area contributed by atoms with Gasteiger partial charge in [-0.15, -0.1) is 0 Å². The number of carbonyl (C=O) groups excluding carboxylic acids is 2. The quantitative estimate of drug-likeness (QED) is 0.912. The van der Waals surface area contributed by atoms with Crippen molar-refractivity contribution in [1.29, 1.82) is 0 Å². The van der Waals surface area contributed by atoms with Crippen LogP contribution in [0.25, 0.3) is 0 Å². The Morgan fingerprint density at radius 2 is 1.88 bits per heavy atom. The molecule has 1 N–H and O–H groups in total. The summed E-state index contributed by atoms with van der Waals surface area (Å²) in [4.78, 5) is 26.2. The minimum atomic E-state index is -0.537. The van der Waals surface area contributed by atoms with Crippen molar-refractivity contribution in [2.45, 2.75) is 32.9 Å². The minimum absolute atomic E-state index is 0.0762. The summed E-state index contributed by atoms with van der Waals surface area (Å²) >= 11 is 0. The highest BCUT2D eigenvalue weighted by Gasteiger charge is 2.31. The molecule has 2 aromatic carbocycles. The zero-order chi connectivity index (χ0) is 17.8. The Bertz CT molecular complexity index is 788. The molecule has 0 fully saturated rings. The van der Waals surface area contributed by atoms with Crippen molar-refractivity contribution in [1.82, 2.24) is 5.32 Å². The van der Waals surface area contributed by atoms with Crippen LogP contribution in [0.5, 0.6) is 5.75 Å². The monoisotopic (exact) mass is 338 g/mol. The number of ether oxygens (including phenoxy) is 1. The molecular formula is C20H22N2O3. The van der Waals surface area contributed by atoms with E-state index in [1.165, 1.54) is 0 Å². The number of carbonyl (C=O) groups is 2. The van der Waals surface area contributed by atoms with Crippen molar-refractivity contribution in [3.05, 3.63) is 59.7 Å². The Kier molecular flexibility index (Phi) is 5.03. The van der Waals surface area contributed by atoms with Crippen LogP contribution in [0.15, 0.2) is 48.5 Å². The first kappa shape index (κ1) is 17.0. The lowest BCUT2D eigenvalue weighted by Crippen LogP contribution is -2.45. The van der Waals surface area contributed by atoms with Crippen LogP contribution in [-0.4, -0.2) is 24.5 Å². The Hall–Kier alpha value is -2.82. The van der Waals surface area contributed by atoms with Crippen molar-refractivity contribution >= 4 is 17.5 Å². The van der Waals surface area contributed by atoms with E-state index in [2.05, 4.69) is 5.32 Å². The van der Waals surface area contributed by atoms with E-state index >= 15 is 0 Å². The summed E-state index contributed by atoms with van der Waals surface area (Å²) in [6.45, 7) is 4.58. The number of amides is 2. The predicted octanol–water partition coefficient (Wildman–Crippen LogP) is 2.82. The number of rotatable bonds is 5. The fourth-order valence-corrected chi connectivity index (χ4v) is 2.89. The van der Waals surface area contributed by atoms with Gasteiger partial charge in [-0.2, -0.15) is 0 Å². The second kappa shape index (κ2) is 7.38. The topological polar surface area (TPSA) is 58.6 Å².